The molecule has 1 aliphatic heterocycles. The molecule has 0 radical (unpaired) electrons. The Hall–Kier alpha value is -2.37. The van der Waals surface area contributed by atoms with Gasteiger partial charge in [0.15, 0.2) is 0 Å². The van der Waals surface area contributed by atoms with Gasteiger partial charge in [0.1, 0.15) is 0 Å². The Morgan fingerprint density at radius 3 is 2.52 bits per heavy atom. The third kappa shape index (κ3) is 4.49. The summed E-state index contributed by atoms with van der Waals surface area (Å²) in [4.78, 5) is 38.4. The molecule has 1 aromatic rings. The van der Waals surface area contributed by atoms with E-state index in [0.29, 0.717) is 29.8 Å². The Morgan fingerprint density at radius 1 is 1.11 bits per heavy atom. The highest BCUT2D eigenvalue weighted by Gasteiger charge is 2.41. The van der Waals surface area contributed by atoms with Gasteiger partial charge in [-0.25, -0.2) is 0 Å². The number of nitrogens with one attached hydrogen (secondary N) is 2. The first-order chi connectivity index (χ1) is 12.8. The smallest absolute Gasteiger partial charge is 0.229 e. The Bertz CT molecular complexity index is 733. The summed E-state index contributed by atoms with van der Waals surface area (Å²) in [5, 5.41) is 5.59. The molecular weight excluding hydrogens is 342 g/mol. The molecule has 4 atom stereocenters. The fourth-order valence-electron chi connectivity index (χ4n) is 4.34. The molecule has 0 spiro atoms. The van der Waals surface area contributed by atoms with Gasteiger partial charge in [0.25, 0.3) is 0 Å². The third-order valence-corrected chi connectivity index (χ3v) is 6.04. The van der Waals surface area contributed by atoms with Crippen molar-refractivity contribution in [1.82, 2.24) is 4.90 Å². The number of carbonyl (C=O) groups is 3. The number of benzene rings is 1. The van der Waals surface area contributed by atoms with Crippen LogP contribution in [0.4, 0.5) is 11.4 Å². The molecule has 3 rings (SSSR count). The lowest BCUT2D eigenvalue weighted by Crippen LogP contribution is -2.45. The fraction of sp³-hybridized carbons (Fsp3) is 0.571. The van der Waals surface area contributed by atoms with Crippen molar-refractivity contribution in [3.63, 3.8) is 0 Å². The van der Waals surface area contributed by atoms with E-state index in [1.54, 1.807) is 24.3 Å². The van der Waals surface area contributed by atoms with E-state index in [1.165, 1.54) is 13.3 Å². The lowest BCUT2D eigenvalue weighted by atomic mass is 9.77. The van der Waals surface area contributed by atoms with Crippen LogP contribution in [0.2, 0.25) is 0 Å². The summed E-state index contributed by atoms with van der Waals surface area (Å²) in [5.41, 5.74) is 1.26. The van der Waals surface area contributed by atoms with Gasteiger partial charge in [-0.2, -0.15) is 0 Å². The number of rotatable bonds is 4. The van der Waals surface area contributed by atoms with Crippen molar-refractivity contribution in [2.75, 3.05) is 17.2 Å². The summed E-state index contributed by atoms with van der Waals surface area (Å²) >= 11 is 0. The van der Waals surface area contributed by atoms with Crippen molar-refractivity contribution in [3.05, 3.63) is 24.3 Å². The quantitative estimate of drug-likeness (QED) is 0.853. The largest absolute Gasteiger partial charge is 0.339 e. The molecule has 6 nitrogen and oxygen atoms in total. The van der Waals surface area contributed by atoms with Crippen molar-refractivity contribution in [3.8, 4) is 0 Å². The lowest BCUT2D eigenvalue weighted by molar-refractivity contribution is -0.131. The molecule has 1 saturated carbocycles. The van der Waals surface area contributed by atoms with Crippen molar-refractivity contribution in [2.45, 2.75) is 52.5 Å². The number of amides is 3. The zero-order valence-corrected chi connectivity index (χ0v) is 16.3. The highest BCUT2D eigenvalue weighted by Crippen LogP contribution is 2.36. The van der Waals surface area contributed by atoms with Crippen LogP contribution in [0.25, 0.3) is 0 Å². The molecule has 1 heterocycles. The van der Waals surface area contributed by atoms with Crippen LogP contribution in [0.3, 0.4) is 0 Å². The number of hydrogen-bond donors (Lipinski definition) is 2. The maximum atomic E-state index is 12.7. The Kier molecular flexibility index (Phi) is 5.82. The van der Waals surface area contributed by atoms with Crippen LogP contribution in [0, 0.1) is 17.8 Å². The molecule has 6 heteroatoms. The minimum Gasteiger partial charge on any atom is -0.339 e. The minimum atomic E-state index is -0.327. The van der Waals surface area contributed by atoms with Crippen LogP contribution in [-0.2, 0) is 14.4 Å². The molecule has 2 N–H and O–H groups in total. The van der Waals surface area contributed by atoms with Crippen LogP contribution in [0.1, 0.15) is 46.5 Å². The number of nitrogens with zero attached hydrogens (tertiary/aromatic N) is 1. The molecule has 1 aliphatic carbocycles. The van der Waals surface area contributed by atoms with Crippen molar-refractivity contribution >= 4 is 29.1 Å². The summed E-state index contributed by atoms with van der Waals surface area (Å²) in [5.74, 6) is 0.549. The summed E-state index contributed by atoms with van der Waals surface area (Å²) in [6, 6.07) is 7.30. The van der Waals surface area contributed by atoms with Crippen LogP contribution in [0.5, 0.6) is 0 Å². The maximum absolute atomic E-state index is 12.7. The molecule has 27 heavy (non-hydrogen) atoms. The number of carbonyl (C=O) groups excluding carboxylic acids is 3. The third-order valence-electron chi connectivity index (χ3n) is 6.04. The predicted molar refractivity (Wildman–Crippen MR) is 105 cm³/mol. The normalized spacial score (nSPS) is 28.1. The predicted octanol–water partition coefficient (Wildman–Crippen LogP) is 3.26. The first-order valence-electron chi connectivity index (χ1n) is 9.83. The van der Waals surface area contributed by atoms with Gasteiger partial charge in [-0.05, 0) is 36.5 Å². The molecule has 1 aromatic carbocycles. The fourth-order valence-corrected chi connectivity index (χ4v) is 4.34. The average Bonchev–Trinajstić information content (AvgIpc) is 2.99. The SMILES string of the molecule is CC(=O)Nc1cccc(NC(=O)[C@@H]2CC(=O)N([C@@H]3CCC[C@@H](C)[C@H]3C)C2)c1. The molecule has 0 unspecified atom stereocenters. The van der Waals surface area contributed by atoms with Gasteiger partial charge in [-0.15, -0.1) is 0 Å². The van der Waals surface area contributed by atoms with Gasteiger partial charge < -0.3 is 15.5 Å². The average molecular weight is 371 g/mol. The van der Waals surface area contributed by atoms with Gasteiger partial charge in [-0.1, -0.05) is 32.8 Å². The second-order valence-corrected chi connectivity index (χ2v) is 8.03. The number of hydrogen-bond acceptors (Lipinski definition) is 3. The van der Waals surface area contributed by atoms with E-state index in [4.69, 9.17) is 0 Å². The molecule has 0 aromatic heterocycles. The molecule has 146 valence electrons. The van der Waals surface area contributed by atoms with E-state index < -0.39 is 0 Å². The monoisotopic (exact) mass is 371 g/mol. The van der Waals surface area contributed by atoms with Crippen molar-refractivity contribution in [2.24, 2.45) is 17.8 Å². The van der Waals surface area contributed by atoms with Gasteiger partial charge in [0.2, 0.25) is 17.7 Å². The molecule has 2 fully saturated rings. The summed E-state index contributed by atoms with van der Waals surface area (Å²) in [6.07, 6.45) is 3.67. The van der Waals surface area contributed by atoms with E-state index >= 15 is 0 Å². The van der Waals surface area contributed by atoms with Gasteiger partial charge >= 0.3 is 0 Å². The van der Waals surface area contributed by atoms with E-state index in [-0.39, 0.29) is 36.1 Å². The Balaban J connectivity index is 1.63. The first kappa shape index (κ1) is 19.4. The molecular formula is C21H29N3O3. The zero-order chi connectivity index (χ0) is 19.6. The van der Waals surface area contributed by atoms with Crippen LogP contribution >= 0.6 is 0 Å². The maximum Gasteiger partial charge on any atom is 0.229 e. The second kappa shape index (κ2) is 8.11. The van der Waals surface area contributed by atoms with Gasteiger partial charge in [0.05, 0.1) is 5.92 Å². The van der Waals surface area contributed by atoms with Gasteiger partial charge in [0, 0.05) is 37.3 Å². The lowest BCUT2D eigenvalue weighted by Gasteiger charge is -2.40. The van der Waals surface area contributed by atoms with Gasteiger partial charge in [-0.3, -0.25) is 14.4 Å². The molecule has 1 saturated heterocycles. The van der Waals surface area contributed by atoms with E-state index in [1.807, 2.05) is 4.90 Å². The van der Waals surface area contributed by atoms with E-state index in [2.05, 4.69) is 24.5 Å². The first-order valence-corrected chi connectivity index (χ1v) is 9.83. The van der Waals surface area contributed by atoms with Crippen LogP contribution in [-0.4, -0.2) is 35.2 Å². The van der Waals surface area contributed by atoms with Crippen LogP contribution in [0.15, 0.2) is 24.3 Å². The van der Waals surface area contributed by atoms with E-state index in [9.17, 15) is 14.4 Å². The molecule has 2 aliphatic rings. The summed E-state index contributed by atoms with van der Waals surface area (Å²) in [6.45, 7) is 6.42. The Morgan fingerprint density at radius 2 is 1.81 bits per heavy atom. The topological polar surface area (TPSA) is 78.5 Å². The second-order valence-electron chi connectivity index (χ2n) is 8.03. The number of likely N-dealkylation sites (tertiary alicyclic amines) is 1. The highest BCUT2D eigenvalue weighted by atomic mass is 16.2. The van der Waals surface area contributed by atoms with Crippen molar-refractivity contribution < 1.29 is 14.4 Å². The van der Waals surface area contributed by atoms with Crippen molar-refractivity contribution in [1.29, 1.82) is 0 Å². The zero-order valence-electron chi connectivity index (χ0n) is 16.3. The highest BCUT2D eigenvalue weighted by molar-refractivity contribution is 5.98. The van der Waals surface area contributed by atoms with Crippen LogP contribution < -0.4 is 10.6 Å². The Labute approximate surface area is 160 Å². The van der Waals surface area contributed by atoms with E-state index in [0.717, 1.165) is 12.8 Å². The summed E-state index contributed by atoms with van der Waals surface area (Å²) in [7, 11) is 0. The minimum absolute atomic E-state index is 0.0908. The molecule has 0 bridgehead atoms. The number of anilines is 2. The molecule has 3 amide bonds. The summed E-state index contributed by atoms with van der Waals surface area (Å²) < 4.78 is 0. The standard InChI is InChI=1S/C21H29N3O3/c1-13-6-4-9-19(14(13)2)24-12-16(10-20(24)26)21(27)23-18-8-5-7-17(11-18)22-15(3)25/h5,7-8,11,13-14,16,19H,4,6,9-10,12H2,1-3H3,(H,22,25)(H,23,27)/t13-,14-,16-,19-/m1/s1.